The van der Waals surface area contributed by atoms with E-state index in [0.29, 0.717) is 25.1 Å². The Morgan fingerprint density at radius 2 is 2.00 bits per heavy atom. The normalized spacial score (nSPS) is 15.3. The maximum absolute atomic E-state index is 12.8. The zero-order valence-electron chi connectivity index (χ0n) is 14.9. The summed E-state index contributed by atoms with van der Waals surface area (Å²) >= 11 is 0. The van der Waals surface area contributed by atoms with Crippen molar-refractivity contribution in [2.45, 2.75) is 39.5 Å². The number of rotatable bonds is 2. The number of aromatic nitrogens is 4. The van der Waals surface area contributed by atoms with Gasteiger partial charge in [-0.3, -0.25) is 9.69 Å². The van der Waals surface area contributed by atoms with Crippen LogP contribution in [0.25, 0.3) is 5.65 Å². The van der Waals surface area contributed by atoms with Gasteiger partial charge in [-0.1, -0.05) is 6.07 Å². The van der Waals surface area contributed by atoms with E-state index >= 15 is 0 Å². The fourth-order valence-electron chi connectivity index (χ4n) is 3.47. The van der Waals surface area contributed by atoms with Gasteiger partial charge in [0.1, 0.15) is 5.65 Å². The van der Waals surface area contributed by atoms with Crippen molar-refractivity contribution in [2.24, 2.45) is 0 Å². The molecule has 142 valence electrons. The van der Waals surface area contributed by atoms with E-state index in [0.717, 1.165) is 22.6 Å². The second-order valence-electron chi connectivity index (χ2n) is 6.88. The molecule has 0 aliphatic carbocycles. The number of fused-ring (bicyclic) bond motifs is 2. The van der Waals surface area contributed by atoms with Crippen LogP contribution in [-0.2, 0) is 25.7 Å². The number of aromatic amines is 1. The van der Waals surface area contributed by atoms with Crippen LogP contribution >= 0.6 is 0 Å². The topological polar surface area (TPSA) is 66.3 Å². The van der Waals surface area contributed by atoms with Crippen LogP contribution in [0.4, 0.5) is 13.2 Å². The Hall–Kier alpha value is -2.68. The number of hydrogen-bond donors (Lipinski definition) is 1. The number of imidazole rings is 1. The number of alkyl halides is 3. The molecule has 4 heterocycles. The molecule has 0 fully saturated rings. The van der Waals surface area contributed by atoms with Crippen molar-refractivity contribution >= 4 is 5.65 Å². The Bertz CT molecular complexity index is 1080. The second kappa shape index (κ2) is 6.19. The van der Waals surface area contributed by atoms with Gasteiger partial charge in [0.05, 0.1) is 22.6 Å². The van der Waals surface area contributed by atoms with E-state index in [9.17, 15) is 18.0 Å². The predicted molar refractivity (Wildman–Crippen MR) is 92.3 cm³/mol. The maximum atomic E-state index is 12.8. The first-order valence-corrected chi connectivity index (χ1v) is 8.58. The van der Waals surface area contributed by atoms with Crippen molar-refractivity contribution in [3.05, 3.63) is 62.7 Å². The lowest BCUT2D eigenvalue weighted by molar-refractivity contribution is -0.145. The lowest BCUT2D eigenvalue weighted by Gasteiger charge is -2.27. The smallest absolute Gasteiger partial charge is 0.303 e. The van der Waals surface area contributed by atoms with Crippen LogP contribution < -0.4 is 5.56 Å². The van der Waals surface area contributed by atoms with Gasteiger partial charge in [-0.15, -0.1) is 0 Å². The first-order valence-electron chi connectivity index (χ1n) is 8.58. The van der Waals surface area contributed by atoms with Gasteiger partial charge in [-0.25, -0.2) is 9.97 Å². The molecule has 0 radical (unpaired) electrons. The first-order chi connectivity index (χ1) is 12.7. The highest BCUT2D eigenvalue weighted by molar-refractivity contribution is 5.44. The second-order valence-corrected chi connectivity index (χ2v) is 6.88. The highest BCUT2D eigenvalue weighted by atomic mass is 19.4. The number of nitrogens with one attached hydrogen (secondary N) is 1. The van der Waals surface area contributed by atoms with Crippen LogP contribution in [0.3, 0.4) is 0 Å². The van der Waals surface area contributed by atoms with Crippen molar-refractivity contribution < 1.29 is 13.2 Å². The first kappa shape index (κ1) is 17.7. The Morgan fingerprint density at radius 3 is 2.74 bits per heavy atom. The Labute approximate surface area is 152 Å². The molecule has 0 saturated heterocycles. The summed E-state index contributed by atoms with van der Waals surface area (Å²) in [5.74, 6) is -1.23. The summed E-state index contributed by atoms with van der Waals surface area (Å²) in [5.41, 5.74) is 3.66. The Morgan fingerprint density at radius 1 is 1.22 bits per heavy atom. The van der Waals surface area contributed by atoms with Crippen LogP contribution in [-0.4, -0.2) is 30.8 Å². The SMILES string of the molecule is Cc1ccc2nc(C)c(CN3CCc4nc(C(F)(F)F)[nH]c(=O)c4C3)n2c1. The van der Waals surface area contributed by atoms with Crippen molar-refractivity contribution in [2.75, 3.05) is 6.54 Å². The van der Waals surface area contributed by atoms with E-state index in [1.807, 2.05) is 46.5 Å². The van der Waals surface area contributed by atoms with Gasteiger partial charge in [0.2, 0.25) is 5.82 Å². The third-order valence-corrected chi connectivity index (χ3v) is 4.86. The van der Waals surface area contributed by atoms with Gasteiger partial charge < -0.3 is 9.38 Å². The average Bonchev–Trinajstić information content (AvgIpc) is 2.89. The van der Waals surface area contributed by atoms with Gasteiger partial charge in [0.15, 0.2) is 0 Å². The number of pyridine rings is 1. The number of nitrogens with zero attached hydrogens (tertiary/aromatic N) is 4. The van der Waals surface area contributed by atoms with E-state index in [2.05, 4.69) is 9.97 Å². The Balaban J connectivity index is 1.64. The number of hydrogen-bond acceptors (Lipinski definition) is 4. The van der Waals surface area contributed by atoms with E-state index < -0.39 is 17.6 Å². The molecule has 0 atom stereocenters. The van der Waals surface area contributed by atoms with Crippen LogP contribution in [0, 0.1) is 13.8 Å². The fraction of sp³-hybridized carbons (Fsp3) is 0.389. The van der Waals surface area contributed by atoms with Crippen molar-refractivity contribution in [3.63, 3.8) is 0 Å². The molecule has 1 aliphatic rings. The zero-order chi connectivity index (χ0) is 19.3. The summed E-state index contributed by atoms with van der Waals surface area (Å²) in [6.07, 6.45) is -2.35. The minimum Gasteiger partial charge on any atom is -0.303 e. The van der Waals surface area contributed by atoms with Crippen LogP contribution in [0.15, 0.2) is 23.1 Å². The van der Waals surface area contributed by atoms with E-state index in [1.54, 1.807) is 0 Å². The molecule has 0 amide bonds. The molecular formula is C18H18F3N5O. The molecule has 27 heavy (non-hydrogen) atoms. The summed E-state index contributed by atoms with van der Waals surface area (Å²) in [6.45, 7) is 5.27. The number of aryl methyl sites for hydroxylation is 2. The number of halogens is 3. The van der Waals surface area contributed by atoms with E-state index in [-0.39, 0.29) is 12.2 Å². The summed E-state index contributed by atoms with van der Waals surface area (Å²) in [5, 5.41) is 0. The minimum absolute atomic E-state index is 0.230. The highest BCUT2D eigenvalue weighted by Gasteiger charge is 2.36. The molecule has 0 unspecified atom stereocenters. The Kier molecular flexibility index (Phi) is 4.06. The quantitative estimate of drug-likeness (QED) is 0.746. The predicted octanol–water partition coefficient (Wildman–Crippen LogP) is 2.61. The van der Waals surface area contributed by atoms with Gasteiger partial charge in [-0.2, -0.15) is 13.2 Å². The molecule has 0 bridgehead atoms. The molecule has 0 aromatic carbocycles. The minimum atomic E-state index is -4.66. The molecule has 4 rings (SSSR count). The third-order valence-electron chi connectivity index (χ3n) is 4.86. The summed E-state index contributed by atoms with van der Waals surface area (Å²) in [6, 6.07) is 3.94. The van der Waals surface area contributed by atoms with Gasteiger partial charge >= 0.3 is 6.18 Å². The van der Waals surface area contributed by atoms with Gasteiger partial charge in [-0.05, 0) is 25.5 Å². The summed E-state index contributed by atoms with van der Waals surface area (Å²) in [4.78, 5) is 24.2. The van der Waals surface area contributed by atoms with Crippen molar-refractivity contribution in [1.82, 2.24) is 24.3 Å². The average molecular weight is 377 g/mol. The molecule has 0 saturated carbocycles. The van der Waals surface area contributed by atoms with Gasteiger partial charge in [0.25, 0.3) is 5.56 Å². The fourth-order valence-corrected chi connectivity index (χ4v) is 3.47. The number of H-pyrrole nitrogens is 1. The lowest BCUT2D eigenvalue weighted by atomic mass is 10.1. The van der Waals surface area contributed by atoms with E-state index in [4.69, 9.17) is 0 Å². The molecule has 1 aliphatic heterocycles. The standard InChI is InChI=1S/C18H18F3N5O/c1-10-3-4-15-22-11(2)14(26(15)7-10)9-25-6-5-13-12(8-25)16(27)24-17(23-13)18(19,20)21/h3-4,7H,5-6,8-9H2,1-2H3,(H,23,24,27). The van der Waals surface area contributed by atoms with Gasteiger partial charge in [0, 0.05) is 32.3 Å². The molecule has 0 spiro atoms. The zero-order valence-corrected chi connectivity index (χ0v) is 14.9. The van der Waals surface area contributed by atoms with Crippen LogP contribution in [0.1, 0.15) is 34.0 Å². The van der Waals surface area contributed by atoms with Crippen LogP contribution in [0.2, 0.25) is 0 Å². The molecule has 3 aromatic rings. The highest BCUT2D eigenvalue weighted by Crippen LogP contribution is 2.27. The molecule has 3 aromatic heterocycles. The molecule has 9 heteroatoms. The lowest BCUT2D eigenvalue weighted by Crippen LogP contribution is -2.37. The molecule has 1 N–H and O–H groups in total. The molecule has 6 nitrogen and oxygen atoms in total. The summed E-state index contributed by atoms with van der Waals surface area (Å²) < 4.78 is 40.5. The van der Waals surface area contributed by atoms with Crippen LogP contribution in [0.5, 0.6) is 0 Å². The van der Waals surface area contributed by atoms with Crippen molar-refractivity contribution in [1.29, 1.82) is 0 Å². The van der Waals surface area contributed by atoms with Crippen molar-refractivity contribution in [3.8, 4) is 0 Å². The largest absolute Gasteiger partial charge is 0.449 e. The monoisotopic (exact) mass is 377 g/mol. The summed E-state index contributed by atoms with van der Waals surface area (Å²) in [7, 11) is 0. The maximum Gasteiger partial charge on any atom is 0.449 e. The van der Waals surface area contributed by atoms with E-state index in [1.165, 1.54) is 0 Å². The molecular weight excluding hydrogens is 359 g/mol. The third kappa shape index (κ3) is 3.23.